The number of likely N-dealkylation sites (N-methyl/N-ethyl adjacent to an activating group) is 1. The van der Waals surface area contributed by atoms with Crippen molar-refractivity contribution in [1.29, 1.82) is 5.26 Å². The topological polar surface area (TPSA) is 56.1 Å². The first kappa shape index (κ1) is 18.2. The summed E-state index contributed by atoms with van der Waals surface area (Å²) in [6.45, 7) is 5.44. The van der Waals surface area contributed by atoms with Crippen molar-refractivity contribution < 1.29 is 0 Å². The molecule has 1 atom stereocenters. The van der Waals surface area contributed by atoms with Gasteiger partial charge in [0.15, 0.2) is 5.82 Å². The van der Waals surface area contributed by atoms with E-state index in [-0.39, 0.29) is 0 Å². The minimum Gasteiger partial charge on any atom is -0.351 e. The zero-order chi connectivity index (χ0) is 19.0. The molecule has 27 heavy (non-hydrogen) atoms. The van der Waals surface area contributed by atoms with Crippen LogP contribution >= 0.6 is 11.6 Å². The Morgan fingerprint density at radius 1 is 1.22 bits per heavy atom. The fourth-order valence-electron chi connectivity index (χ4n) is 4.39. The van der Waals surface area contributed by atoms with Crippen molar-refractivity contribution in [3.63, 3.8) is 0 Å². The third-order valence-corrected chi connectivity index (χ3v) is 6.13. The van der Waals surface area contributed by atoms with Gasteiger partial charge >= 0.3 is 0 Å². The summed E-state index contributed by atoms with van der Waals surface area (Å²) in [5.74, 6) is 1.05. The Labute approximate surface area is 165 Å². The monoisotopic (exact) mass is 381 g/mol. The summed E-state index contributed by atoms with van der Waals surface area (Å²) in [6, 6.07) is 8.00. The molecule has 0 spiro atoms. The maximum Gasteiger partial charge on any atom is 0.155 e. The molecule has 0 bridgehead atoms. The molecule has 0 amide bonds. The fourth-order valence-corrected chi connectivity index (χ4v) is 4.66. The van der Waals surface area contributed by atoms with Crippen molar-refractivity contribution >= 4 is 17.4 Å². The van der Waals surface area contributed by atoms with Gasteiger partial charge in [-0.2, -0.15) is 5.26 Å². The molecule has 2 aliphatic heterocycles. The Balaban J connectivity index is 1.72. The highest BCUT2D eigenvalue weighted by Crippen LogP contribution is 2.36. The molecule has 5 nitrogen and oxygen atoms in total. The third-order valence-electron chi connectivity index (χ3n) is 5.81. The van der Waals surface area contributed by atoms with Gasteiger partial charge in [-0.25, -0.2) is 0 Å². The SMILES string of the molecule is Cc1c(-c2ccc(C#N)cc2Cl)nnc2c1CCCN2[C@@H]1CCCN(C)C1. The van der Waals surface area contributed by atoms with E-state index in [1.165, 1.54) is 24.9 Å². The van der Waals surface area contributed by atoms with Crippen LogP contribution in [-0.4, -0.2) is 47.8 Å². The van der Waals surface area contributed by atoms with E-state index >= 15 is 0 Å². The maximum atomic E-state index is 9.06. The van der Waals surface area contributed by atoms with Crippen molar-refractivity contribution in [3.05, 3.63) is 39.9 Å². The van der Waals surface area contributed by atoms with Gasteiger partial charge in [0.1, 0.15) is 0 Å². The van der Waals surface area contributed by atoms with Gasteiger partial charge in [0.2, 0.25) is 0 Å². The summed E-state index contributed by atoms with van der Waals surface area (Å²) >= 11 is 6.43. The third kappa shape index (κ3) is 3.40. The van der Waals surface area contributed by atoms with Gasteiger partial charge in [-0.3, -0.25) is 0 Å². The van der Waals surface area contributed by atoms with E-state index in [4.69, 9.17) is 16.9 Å². The number of halogens is 1. The lowest BCUT2D eigenvalue weighted by molar-refractivity contribution is 0.242. The number of rotatable bonds is 2. The van der Waals surface area contributed by atoms with Gasteiger partial charge in [0.25, 0.3) is 0 Å². The quantitative estimate of drug-likeness (QED) is 0.791. The largest absolute Gasteiger partial charge is 0.351 e. The molecule has 1 saturated heterocycles. The van der Waals surface area contributed by atoms with Gasteiger partial charge < -0.3 is 9.80 Å². The molecule has 2 aromatic rings. The van der Waals surface area contributed by atoms with Crippen molar-refractivity contribution in [1.82, 2.24) is 15.1 Å². The van der Waals surface area contributed by atoms with E-state index in [1.807, 2.05) is 6.07 Å². The number of likely N-dealkylation sites (tertiary alicyclic amines) is 1. The van der Waals surface area contributed by atoms with E-state index in [2.05, 4.69) is 40.0 Å². The van der Waals surface area contributed by atoms with Crippen LogP contribution in [-0.2, 0) is 6.42 Å². The second kappa shape index (κ2) is 7.46. The number of nitriles is 1. The highest BCUT2D eigenvalue weighted by molar-refractivity contribution is 6.33. The Morgan fingerprint density at radius 2 is 2.07 bits per heavy atom. The minimum atomic E-state index is 0.515. The predicted octanol–water partition coefficient (Wildman–Crippen LogP) is 3.82. The summed E-state index contributed by atoms with van der Waals surface area (Å²) in [5, 5.41) is 18.8. The average molecular weight is 382 g/mol. The molecule has 1 aromatic carbocycles. The fraction of sp³-hybridized carbons (Fsp3) is 0.476. The van der Waals surface area contributed by atoms with Gasteiger partial charge in [-0.05, 0) is 70.0 Å². The molecule has 4 rings (SSSR count). The minimum absolute atomic E-state index is 0.515. The lowest BCUT2D eigenvalue weighted by Crippen LogP contribution is -2.49. The lowest BCUT2D eigenvalue weighted by atomic mass is 9.94. The van der Waals surface area contributed by atoms with Crippen molar-refractivity contribution in [3.8, 4) is 17.3 Å². The number of hydrogen-bond donors (Lipinski definition) is 0. The molecule has 0 radical (unpaired) electrons. The van der Waals surface area contributed by atoms with Gasteiger partial charge in [-0.15, -0.1) is 10.2 Å². The number of nitrogens with zero attached hydrogens (tertiary/aromatic N) is 5. The highest BCUT2D eigenvalue weighted by atomic mass is 35.5. The maximum absolute atomic E-state index is 9.06. The number of hydrogen-bond acceptors (Lipinski definition) is 5. The zero-order valence-corrected chi connectivity index (χ0v) is 16.6. The number of piperidine rings is 1. The van der Waals surface area contributed by atoms with Crippen LogP contribution in [0.5, 0.6) is 0 Å². The summed E-state index contributed by atoms with van der Waals surface area (Å²) < 4.78 is 0. The second-order valence-corrected chi connectivity index (χ2v) is 8.04. The van der Waals surface area contributed by atoms with E-state index in [1.54, 1.807) is 12.1 Å². The highest BCUT2D eigenvalue weighted by Gasteiger charge is 2.30. The molecule has 0 N–H and O–H groups in total. The van der Waals surface area contributed by atoms with Crippen molar-refractivity contribution in [2.24, 2.45) is 0 Å². The summed E-state index contributed by atoms with van der Waals surface area (Å²) in [5.41, 5.74) is 4.67. The zero-order valence-electron chi connectivity index (χ0n) is 15.9. The molecule has 140 valence electrons. The first-order chi connectivity index (χ1) is 13.1. The standard InChI is InChI=1S/C21H24ClN5/c1-14-17-6-4-10-27(16-5-3-9-26(2)13-16)21(17)25-24-20(14)18-8-7-15(12-23)11-19(18)22/h7-8,11,16H,3-6,9-10,13H2,1-2H3/t16-/m1/s1. The van der Waals surface area contributed by atoms with Crippen LogP contribution in [0.15, 0.2) is 18.2 Å². The van der Waals surface area contributed by atoms with Crippen LogP contribution in [0.1, 0.15) is 36.0 Å². The number of fused-ring (bicyclic) bond motifs is 1. The van der Waals surface area contributed by atoms with E-state index < -0.39 is 0 Å². The van der Waals surface area contributed by atoms with Crippen LogP contribution in [0, 0.1) is 18.3 Å². The number of benzene rings is 1. The number of anilines is 1. The summed E-state index contributed by atoms with van der Waals surface area (Å²) in [7, 11) is 2.20. The smallest absolute Gasteiger partial charge is 0.155 e. The summed E-state index contributed by atoms with van der Waals surface area (Å²) in [4.78, 5) is 4.88. The molecule has 0 aliphatic carbocycles. The van der Waals surface area contributed by atoms with Crippen LogP contribution in [0.25, 0.3) is 11.3 Å². The van der Waals surface area contributed by atoms with Crippen LogP contribution in [0.2, 0.25) is 5.02 Å². The predicted molar refractivity (Wildman–Crippen MR) is 108 cm³/mol. The van der Waals surface area contributed by atoms with E-state index in [9.17, 15) is 0 Å². The summed E-state index contributed by atoms with van der Waals surface area (Å²) in [6.07, 6.45) is 4.61. The van der Waals surface area contributed by atoms with Crippen LogP contribution < -0.4 is 4.90 Å². The Morgan fingerprint density at radius 3 is 2.81 bits per heavy atom. The van der Waals surface area contributed by atoms with Gasteiger partial charge in [-0.1, -0.05) is 11.6 Å². The normalized spacial score (nSPS) is 20.2. The van der Waals surface area contributed by atoms with Gasteiger partial charge in [0.05, 0.1) is 22.3 Å². The van der Waals surface area contributed by atoms with Crippen molar-refractivity contribution in [2.75, 3.05) is 31.6 Å². The average Bonchev–Trinajstić information content (AvgIpc) is 2.68. The van der Waals surface area contributed by atoms with Gasteiger partial charge in [0, 0.05) is 30.3 Å². The second-order valence-electron chi connectivity index (χ2n) is 7.64. The Kier molecular flexibility index (Phi) is 5.03. The lowest BCUT2D eigenvalue weighted by Gasteiger charge is -2.41. The molecule has 1 aromatic heterocycles. The van der Waals surface area contributed by atoms with E-state index in [0.717, 1.165) is 48.6 Å². The molecule has 0 saturated carbocycles. The molecular formula is C21H24ClN5. The van der Waals surface area contributed by atoms with Crippen LogP contribution in [0.3, 0.4) is 0 Å². The Hall–Kier alpha value is -2.16. The van der Waals surface area contributed by atoms with Crippen molar-refractivity contribution in [2.45, 2.75) is 38.6 Å². The van der Waals surface area contributed by atoms with Crippen LogP contribution in [0.4, 0.5) is 5.82 Å². The molecule has 3 heterocycles. The molecule has 0 unspecified atom stereocenters. The Bertz CT molecular complexity index is 904. The molecule has 6 heteroatoms. The molecule has 2 aliphatic rings. The number of aromatic nitrogens is 2. The molecular weight excluding hydrogens is 358 g/mol. The molecule has 1 fully saturated rings. The van der Waals surface area contributed by atoms with E-state index in [0.29, 0.717) is 16.6 Å². The first-order valence-electron chi connectivity index (χ1n) is 9.60. The first-order valence-corrected chi connectivity index (χ1v) is 9.97.